The highest BCUT2D eigenvalue weighted by molar-refractivity contribution is 14.1. The normalized spacial score (nSPS) is 10.3. The predicted molar refractivity (Wildman–Crippen MR) is 84.4 cm³/mol. The SMILES string of the molecule is O=C(NCc1ccc(CO)cc1)c1ccc(I)c(O)c1. The number of aliphatic hydroxyl groups is 1. The van der Waals surface area contributed by atoms with Gasteiger partial charge in [0.2, 0.25) is 0 Å². The van der Waals surface area contributed by atoms with Gasteiger partial charge < -0.3 is 15.5 Å². The molecule has 0 unspecified atom stereocenters. The Morgan fingerprint density at radius 1 is 1.10 bits per heavy atom. The molecule has 0 heterocycles. The van der Waals surface area contributed by atoms with E-state index in [1.54, 1.807) is 12.1 Å². The highest BCUT2D eigenvalue weighted by atomic mass is 127. The molecular weight excluding hydrogens is 369 g/mol. The lowest BCUT2D eigenvalue weighted by molar-refractivity contribution is 0.0950. The molecule has 0 radical (unpaired) electrons. The van der Waals surface area contributed by atoms with Crippen LogP contribution in [0.3, 0.4) is 0 Å². The second-order valence-electron chi connectivity index (χ2n) is 4.32. The van der Waals surface area contributed by atoms with Gasteiger partial charge in [-0.2, -0.15) is 0 Å². The van der Waals surface area contributed by atoms with Gasteiger partial charge in [0.15, 0.2) is 0 Å². The van der Waals surface area contributed by atoms with Gasteiger partial charge in [-0.05, 0) is 51.9 Å². The molecule has 0 aliphatic rings. The minimum Gasteiger partial charge on any atom is -0.507 e. The molecule has 0 aliphatic carbocycles. The van der Waals surface area contributed by atoms with Crippen molar-refractivity contribution in [2.75, 3.05) is 0 Å². The van der Waals surface area contributed by atoms with Crippen molar-refractivity contribution < 1.29 is 15.0 Å². The van der Waals surface area contributed by atoms with Crippen LogP contribution in [0.1, 0.15) is 21.5 Å². The summed E-state index contributed by atoms with van der Waals surface area (Å²) in [4.78, 5) is 11.9. The van der Waals surface area contributed by atoms with Gasteiger partial charge in [0.05, 0.1) is 10.2 Å². The first-order valence-corrected chi connectivity index (χ1v) is 7.13. The third-order valence-corrected chi connectivity index (χ3v) is 3.78. The van der Waals surface area contributed by atoms with Gasteiger partial charge in [-0.15, -0.1) is 0 Å². The van der Waals surface area contributed by atoms with Crippen LogP contribution in [0, 0.1) is 3.57 Å². The fraction of sp³-hybridized carbons (Fsp3) is 0.133. The Morgan fingerprint density at radius 3 is 2.35 bits per heavy atom. The maximum atomic E-state index is 11.9. The Balaban J connectivity index is 1.98. The summed E-state index contributed by atoms with van der Waals surface area (Å²) in [6.45, 7) is 0.409. The van der Waals surface area contributed by atoms with Crippen LogP contribution >= 0.6 is 22.6 Å². The van der Waals surface area contributed by atoms with Gasteiger partial charge in [-0.3, -0.25) is 4.79 Å². The lowest BCUT2D eigenvalue weighted by Crippen LogP contribution is -2.22. The van der Waals surface area contributed by atoms with E-state index in [9.17, 15) is 9.90 Å². The summed E-state index contributed by atoms with van der Waals surface area (Å²) in [5, 5.41) is 21.3. The largest absolute Gasteiger partial charge is 0.507 e. The van der Waals surface area contributed by atoms with Crippen LogP contribution in [0.25, 0.3) is 0 Å². The lowest BCUT2D eigenvalue weighted by atomic mass is 10.1. The quantitative estimate of drug-likeness (QED) is 0.711. The van der Waals surface area contributed by atoms with Crippen LogP contribution in [0.2, 0.25) is 0 Å². The maximum Gasteiger partial charge on any atom is 0.251 e. The molecule has 5 heteroatoms. The fourth-order valence-electron chi connectivity index (χ4n) is 1.70. The van der Waals surface area contributed by atoms with E-state index < -0.39 is 0 Å². The monoisotopic (exact) mass is 383 g/mol. The molecule has 2 aromatic carbocycles. The number of aliphatic hydroxyl groups excluding tert-OH is 1. The molecule has 0 bridgehead atoms. The van der Waals surface area contributed by atoms with Gasteiger partial charge in [-0.1, -0.05) is 24.3 Å². The number of rotatable bonds is 4. The molecule has 1 amide bonds. The van der Waals surface area contributed by atoms with Crippen LogP contribution in [-0.4, -0.2) is 16.1 Å². The summed E-state index contributed by atoms with van der Waals surface area (Å²) in [5.41, 5.74) is 2.21. The van der Waals surface area contributed by atoms with Crippen LogP contribution in [-0.2, 0) is 13.2 Å². The van der Waals surface area contributed by atoms with Crippen molar-refractivity contribution in [1.29, 1.82) is 0 Å². The van der Waals surface area contributed by atoms with Gasteiger partial charge in [0.1, 0.15) is 5.75 Å². The number of carbonyl (C=O) groups is 1. The van der Waals surface area contributed by atoms with Crippen molar-refractivity contribution in [3.63, 3.8) is 0 Å². The highest BCUT2D eigenvalue weighted by Crippen LogP contribution is 2.20. The average Bonchev–Trinajstić information content (AvgIpc) is 2.48. The van der Waals surface area contributed by atoms with Crippen molar-refractivity contribution >= 4 is 28.5 Å². The number of benzene rings is 2. The number of amides is 1. The summed E-state index contributed by atoms with van der Waals surface area (Å²) < 4.78 is 0.707. The summed E-state index contributed by atoms with van der Waals surface area (Å²) in [6.07, 6.45) is 0. The van der Waals surface area contributed by atoms with E-state index in [1.807, 2.05) is 46.9 Å². The molecule has 20 heavy (non-hydrogen) atoms. The number of carbonyl (C=O) groups excluding carboxylic acids is 1. The molecule has 0 fully saturated rings. The van der Waals surface area contributed by atoms with Crippen LogP contribution in [0.15, 0.2) is 42.5 Å². The Kier molecular flexibility index (Phi) is 4.97. The Hall–Kier alpha value is -1.60. The molecule has 0 aliphatic heterocycles. The summed E-state index contributed by atoms with van der Waals surface area (Å²) in [6, 6.07) is 12.2. The lowest BCUT2D eigenvalue weighted by Gasteiger charge is -2.07. The fourth-order valence-corrected chi connectivity index (χ4v) is 2.04. The molecule has 0 atom stereocenters. The zero-order chi connectivity index (χ0) is 14.5. The zero-order valence-corrected chi connectivity index (χ0v) is 12.8. The number of halogens is 1. The number of hydrogen-bond acceptors (Lipinski definition) is 3. The second kappa shape index (κ2) is 6.71. The molecule has 0 saturated heterocycles. The first-order valence-electron chi connectivity index (χ1n) is 6.05. The van der Waals surface area contributed by atoms with Crippen molar-refractivity contribution in [3.8, 4) is 5.75 Å². The first-order chi connectivity index (χ1) is 9.60. The van der Waals surface area contributed by atoms with E-state index in [1.165, 1.54) is 6.07 Å². The average molecular weight is 383 g/mol. The van der Waals surface area contributed by atoms with Gasteiger partial charge in [0, 0.05) is 12.1 Å². The van der Waals surface area contributed by atoms with E-state index in [4.69, 9.17) is 5.11 Å². The van der Waals surface area contributed by atoms with Crippen molar-refractivity contribution in [2.45, 2.75) is 13.2 Å². The minimum absolute atomic E-state index is 0.00850. The van der Waals surface area contributed by atoms with E-state index in [0.29, 0.717) is 15.7 Å². The second-order valence-corrected chi connectivity index (χ2v) is 5.49. The molecule has 2 rings (SSSR count). The Labute approximate surface area is 130 Å². The first kappa shape index (κ1) is 14.8. The smallest absolute Gasteiger partial charge is 0.251 e. The number of phenols is 1. The van der Waals surface area contributed by atoms with Gasteiger partial charge >= 0.3 is 0 Å². The van der Waals surface area contributed by atoms with Crippen LogP contribution < -0.4 is 5.32 Å². The standard InChI is InChI=1S/C15H14INO3/c16-13-6-5-12(7-14(13)19)15(20)17-8-10-1-3-11(9-18)4-2-10/h1-7,18-19H,8-9H2,(H,17,20). The number of aromatic hydroxyl groups is 1. The third kappa shape index (κ3) is 3.71. The summed E-state index contributed by atoms with van der Waals surface area (Å²) in [5.74, 6) is -0.131. The van der Waals surface area contributed by atoms with Crippen LogP contribution in [0.5, 0.6) is 5.75 Å². The van der Waals surface area contributed by atoms with E-state index in [2.05, 4.69) is 5.32 Å². The number of hydrogen-bond donors (Lipinski definition) is 3. The molecule has 3 N–H and O–H groups in total. The summed E-state index contributed by atoms with van der Waals surface area (Å²) in [7, 11) is 0. The molecule has 2 aromatic rings. The Morgan fingerprint density at radius 2 is 1.75 bits per heavy atom. The van der Waals surface area contributed by atoms with Crippen LogP contribution in [0.4, 0.5) is 0 Å². The van der Waals surface area contributed by atoms with Crippen molar-refractivity contribution in [1.82, 2.24) is 5.32 Å². The van der Waals surface area contributed by atoms with E-state index in [0.717, 1.165) is 11.1 Å². The van der Waals surface area contributed by atoms with E-state index >= 15 is 0 Å². The van der Waals surface area contributed by atoms with Gasteiger partial charge in [-0.25, -0.2) is 0 Å². The molecule has 104 valence electrons. The predicted octanol–water partition coefficient (Wildman–Crippen LogP) is 2.42. The van der Waals surface area contributed by atoms with E-state index in [-0.39, 0.29) is 18.3 Å². The van der Waals surface area contributed by atoms with Crippen molar-refractivity contribution in [2.24, 2.45) is 0 Å². The molecule has 0 spiro atoms. The van der Waals surface area contributed by atoms with Crippen molar-refractivity contribution in [3.05, 3.63) is 62.7 Å². The third-order valence-electron chi connectivity index (χ3n) is 2.87. The molecule has 0 aromatic heterocycles. The molecular formula is C15H14INO3. The van der Waals surface area contributed by atoms with Gasteiger partial charge in [0.25, 0.3) is 5.91 Å². The minimum atomic E-state index is -0.233. The molecule has 4 nitrogen and oxygen atoms in total. The zero-order valence-electron chi connectivity index (χ0n) is 10.6. The highest BCUT2D eigenvalue weighted by Gasteiger charge is 2.07. The molecule has 0 saturated carbocycles. The maximum absolute atomic E-state index is 11.9. The number of nitrogens with one attached hydrogen (secondary N) is 1. The summed E-state index contributed by atoms with van der Waals surface area (Å²) >= 11 is 2.00. The Bertz CT molecular complexity index is 611. The topological polar surface area (TPSA) is 69.6 Å². The number of phenolic OH excluding ortho intramolecular Hbond substituents is 1.